The lowest BCUT2D eigenvalue weighted by Crippen LogP contribution is -2.37. The van der Waals surface area contributed by atoms with Crippen LogP contribution in [0.1, 0.15) is 49.2 Å². The summed E-state index contributed by atoms with van der Waals surface area (Å²) in [5.74, 6) is 0.685. The fraction of sp³-hybridized carbons (Fsp3) is 0.524. The topological polar surface area (TPSA) is 81.8 Å². The molecule has 3 heterocycles. The zero-order valence-corrected chi connectivity index (χ0v) is 19.4. The van der Waals surface area contributed by atoms with Crippen LogP contribution in [0.25, 0.3) is 10.2 Å². The number of rotatable bonds is 3. The molecule has 0 radical (unpaired) electrons. The van der Waals surface area contributed by atoms with E-state index in [1.165, 1.54) is 14.2 Å². The summed E-state index contributed by atoms with van der Waals surface area (Å²) in [5, 5.41) is 5.33. The minimum atomic E-state index is -0.364. The summed E-state index contributed by atoms with van der Waals surface area (Å²) >= 11 is 7.62. The molecule has 0 aromatic carbocycles. The molecule has 1 amide bonds. The number of amides is 1. The van der Waals surface area contributed by atoms with Gasteiger partial charge in [-0.05, 0) is 50.0 Å². The van der Waals surface area contributed by atoms with Crippen LogP contribution in [0.3, 0.4) is 0 Å². The van der Waals surface area contributed by atoms with E-state index in [1.54, 1.807) is 31.4 Å². The van der Waals surface area contributed by atoms with Crippen molar-refractivity contribution < 1.29 is 4.79 Å². The largest absolute Gasteiger partial charge is 0.281 e. The molecule has 9 heteroatoms. The van der Waals surface area contributed by atoms with Crippen LogP contribution in [-0.2, 0) is 24.2 Å². The molecule has 1 aliphatic carbocycles. The van der Waals surface area contributed by atoms with Crippen LogP contribution >= 0.6 is 22.9 Å². The maximum absolute atomic E-state index is 13.3. The Bertz CT molecular complexity index is 1180. The van der Waals surface area contributed by atoms with Crippen molar-refractivity contribution in [1.29, 1.82) is 0 Å². The molecule has 1 atom stereocenters. The first-order valence-electron chi connectivity index (χ1n) is 10.1. The number of aryl methyl sites for hydroxylation is 3. The molecular formula is C21H26ClN5O2S. The van der Waals surface area contributed by atoms with E-state index in [1.807, 2.05) is 0 Å². The average Bonchev–Trinajstić information content (AvgIpc) is 3.16. The van der Waals surface area contributed by atoms with E-state index >= 15 is 0 Å². The molecule has 3 aromatic rings. The molecule has 0 spiro atoms. The molecule has 4 rings (SSSR count). The van der Waals surface area contributed by atoms with E-state index in [0.717, 1.165) is 29.7 Å². The number of carbonyl (C=O) groups excluding carboxylic acids is 1. The van der Waals surface area contributed by atoms with Gasteiger partial charge < -0.3 is 0 Å². The third-order valence-corrected chi connectivity index (χ3v) is 7.42. The number of aromatic nitrogens is 4. The van der Waals surface area contributed by atoms with Crippen molar-refractivity contribution in [3.05, 3.63) is 43.5 Å². The lowest BCUT2D eigenvalue weighted by atomic mass is 9.72. The summed E-state index contributed by atoms with van der Waals surface area (Å²) in [6.07, 6.45) is 4.50. The van der Waals surface area contributed by atoms with Gasteiger partial charge in [0.05, 0.1) is 16.1 Å². The molecule has 1 unspecified atom stereocenters. The second-order valence-electron chi connectivity index (χ2n) is 9.08. The van der Waals surface area contributed by atoms with Crippen molar-refractivity contribution in [2.75, 3.05) is 5.43 Å². The van der Waals surface area contributed by atoms with Crippen LogP contribution in [0.5, 0.6) is 0 Å². The van der Waals surface area contributed by atoms with E-state index < -0.39 is 0 Å². The molecule has 0 aliphatic heterocycles. The number of fused-ring (bicyclic) bond motifs is 3. The van der Waals surface area contributed by atoms with Crippen LogP contribution in [-0.4, -0.2) is 25.3 Å². The highest BCUT2D eigenvalue weighted by atomic mass is 35.5. The number of nitrogens with one attached hydrogen (secondary N) is 1. The highest BCUT2D eigenvalue weighted by Gasteiger charge is 2.32. The van der Waals surface area contributed by atoms with Crippen LogP contribution in [0.15, 0.2) is 11.0 Å². The van der Waals surface area contributed by atoms with E-state index in [0.29, 0.717) is 27.8 Å². The zero-order chi connectivity index (χ0) is 21.8. The van der Waals surface area contributed by atoms with Crippen molar-refractivity contribution in [3.8, 4) is 0 Å². The van der Waals surface area contributed by atoms with Gasteiger partial charge in [-0.3, -0.25) is 19.7 Å². The summed E-state index contributed by atoms with van der Waals surface area (Å²) in [4.78, 5) is 32.4. The molecule has 0 saturated carbocycles. The van der Waals surface area contributed by atoms with Gasteiger partial charge in [0.25, 0.3) is 11.5 Å². The SMILES string of the molecule is Cc1nn(CC(=O)Nn2c(C)nc3sc4c(c3c2=O)CCC(C(C)(C)C)C4)cc1Cl. The van der Waals surface area contributed by atoms with E-state index in [9.17, 15) is 9.59 Å². The maximum atomic E-state index is 13.3. The number of hydrogen-bond donors (Lipinski definition) is 1. The van der Waals surface area contributed by atoms with Crippen molar-refractivity contribution in [2.45, 2.75) is 60.4 Å². The molecule has 3 aromatic heterocycles. The maximum Gasteiger partial charge on any atom is 0.281 e. The van der Waals surface area contributed by atoms with Gasteiger partial charge in [0.2, 0.25) is 0 Å². The third kappa shape index (κ3) is 3.78. The number of hydrogen-bond acceptors (Lipinski definition) is 5. The quantitative estimate of drug-likeness (QED) is 0.661. The van der Waals surface area contributed by atoms with Gasteiger partial charge in [0.15, 0.2) is 0 Å². The highest BCUT2D eigenvalue weighted by molar-refractivity contribution is 7.18. The number of halogens is 1. The molecular weight excluding hydrogens is 422 g/mol. The molecule has 0 fully saturated rings. The van der Waals surface area contributed by atoms with Gasteiger partial charge in [0.1, 0.15) is 17.2 Å². The Morgan fingerprint density at radius 1 is 1.37 bits per heavy atom. The number of carbonyl (C=O) groups is 1. The standard InChI is InChI=1S/C21H26ClN5O2S/c1-11-15(22)9-26(24-11)10-17(28)25-27-12(2)23-19-18(20(27)29)14-7-6-13(21(3,4)5)8-16(14)30-19/h9,13H,6-8,10H2,1-5H3,(H,25,28). The normalized spacial score (nSPS) is 16.7. The van der Waals surface area contributed by atoms with Crippen molar-refractivity contribution in [3.63, 3.8) is 0 Å². The Morgan fingerprint density at radius 2 is 2.10 bits per heavy atom. The summed E-state index contributed by atoms with van der Waals surface area (Å²) in [6.45, 7) is 10.3. The molecule has 7 nitrogen and oxygen atoms in total. The minimum Gasteiger partial charge on any atom is -0.271 e. The smallest absolute Gasteiger partial charge is 0.271 e. The van der Waals surface area contributed by atoms with Crippen LogP contribution in [0.4, 0.5) is 0 Å². The molecule has 1 N–H and O–H groups in total. The Hall–Kier alpha value is -2.19. The summed E-state index contributed by atoms with van der Waals surface area (Å²) in [7, 11) is 0. The van der Waals surface area contributed by atoms with Gasteiger partial charge in [-0.2, -0.15) is 5.10 Å². The van der Waals surface area contributed by atoms with Gasteiger partial charge >= 0.3 is 0 Å². The van der Waals surface area contributed by atoms with E-state index in [-0.39, 0.29) is 23.4 Å². The fourth-order valence-corrected chi connectivity index (χ4v) is 5.57. The first-order chi connectivity index (χ1) is 14.0. The molecule has 30 heavy (non-hydrogen) atoms. The Balaban J connectivity index is 1.65. The number of nitrogens with zero attached hydrogens (tertiary/aromatic N) is 4. The molecule has 1 aliphatic rings. The van der Waals surface area contributed by atoms with E-state index in [2.05, 4.69) is 36.3 Å². The predicted octanol–water partition coefficient (Wildman–Crippen LogP) is 3.85. The van der Waals surface area contributed by atoms with Crippen molar-refractivity contribution >= 4 is 39.1 Å². The minimum absolute atomic E-state index is 0.0352. The van der Waals surface area contributed by atoms with Crippen LogP contribution in [0.2, 0.25) is 5.02 Å². The molecule has 160 valence electrons. The second kappa shape index (κ2) is 7.50. The van der Waals surface area contributed by atoms with E-state index in [4.69, 9.17) is 11.6 Å². The predicted molar refractivity (Wildman–Crippen MR) is 120 cm³/mol. The molecule has 0 saturated heterocycles. The monoisotopic (exact) mass is 447 g/mol. The van der Waals surface area contributed by atoms with Crippen molar-refractivity contribution in [2.24, 2.45) is 11.3 Å². The first kappa shape index (κ1) is 21.1. The number of thiophene rings is 1. The Kier molecular flexibility index (Phi) is 5.26. The summed E-state index contributed by atoms with van der Waals surface area (Å²) < 4.78 is 2.71. The lowest BCUT2D eigenvalue weighted by molar-refractivity contribution is -0.117. The lowest BCUT2D eigenvalue weighted by Gasteiger charge is -2.33. The summed E-state index contributed by atoms with van der Waals surface area (Å²) in [6, 6.07) is 0. The first-order valence-corrected chi connectivity index (χ1v) is 11.3. The fourth-order valence-electron chi connectivity index (χ4n) is 4.08. The van der Waals surface area contributed by atoms with Crippen LogP contribution < -0.4 is 11.0 Å². The van der Waals surface area contributed by atoms with Crippen LogP contribution in [0, 0.1) is 25.2 Å². The summed E-state index contributed by atoms with van der Waals surface area (Å²) in [5.41, 5.74) is 4.46. The van der Waals surface area contributed by atoms with Gasteiger partial charge in [-0.15, -0.1) is 11.3 Å². The Morgan fingerprint density at radius 3 is 2.73 bits per heavy atom. The molecule has 0 bridgehead atoms. The van der Waals surface area contributed by atoms with Crippen molar-refractivity contribution in [1.82, 2.24) is 19.4 Å². The average molecular weight is 448 g/mol. The van der Waals surface area contributed by atoms with Gasteiger partial charge in [0, 0.05) is 11.1 Å². The Labute approximate surface area is 184 Å². The van der Waals surface area contributed by atoms with Gasteiger partial charge in [-0.25, -0.2) is 9.66 Å². The highest BCUT2D eigenvalue weighted by Crippen LogP contribution is 2.42. The van der Waals surface area contributed by atoms with Gasteiger partial charge in [-0.1, -0.05) is 32.4 Å². The zero-order valence-electron chi connectivity index (χ0n) is 17.9. The third-order valence-electron chi connectivity index (χ3n) is 5.90. The second-order valence-corrected chi connectivity index (χ2v) is 10.6.